The van der Waals surface area contributed by atoms with E-state index in [4.69, 9.17) is 5.73 Å². The Morgan fingerprint density at radius 3 is 2.29 bits per heavy atom. The molecule has 120 valence electrons. The van der Waals surface area contributed by atoms with E-state index in [-0.39, 0.29) is 0 Å². The average molecular weight is 312 g/mol. The maximum absolute atomic E-state index is 12.9. The van der Waals surface area contributed by atoms with Gasteiger partial charge in [0.05, 0.1) is 4.90 Å². The van der Waals surface area contributed by atoms with Crippen molar-refractivity contribution in [3.63, 3.8) is 0 Å². The minimum absolute atomic E-state index is 0.335. The molecule has 0 fully saturated rings. The monoisotopic (exact) mass is 312 g/mol. The van der Waals surface area contributed by atoms with Crippen LogP contribution in [0.1, 0.15) is 45.2 Å². The number of rotatable bonds is 7. The summed E-state index contributed by atoms with van der Waals surface area (Å²) in [7, 11) is -1.84. The smallest absolute Gasteiger partial charge is 0.243 e. The molecular weight excluding hydrogens is 284 g/mol. The molecule has 0 bridgehead atoms. The minimum Gasteiger partial charge on any atom is -0.398 e. The Balaban J connectivity index is 3.32. The molecule has 0 aliphatic rings. The van der Waals surface area contributed by atoms with Crippen LogP contribution in [0.4, 0.5) is 5.69 Å². The number of hydrogen-bond donors (Lipinski definition) is 1. The zero-order valence-corrected chi connectivity index (χ0v) is 14.6. The number of anilines is 1. The van der Waals surface area contributed by atoms with Crippen LogP contribution in [0.2, 0.25) is 0 Å². The quantitative estimate of drug-likeness (QED) is 0.787. The lowest BCUT2D eigenvalue weighted by molar-refractivity contribution is 0.393. The van der Waals surface area contributed by atoms with E-state index >= 15 is 0 Å². The van der Waals surface area contributed by atoms with E-state index < -0.39 is 10.0 Å². The van der Waals surface area contributed by atoms with Gasteiger partial charge >= 0.3 is 0 Å². The summed E-state index contributed by atoms with van der Waals surface area (Å²) in [5.74, 6) is 0.335. The number of hydrogen-bond acceptors (Lipinski definition) is 3. The molecule has 1 aromatic carbocycles. The Labute approximate surface area is 129 Å². The van der Waals surface area contributed by atoms with Crippen LogP contribution < -0.4 is 5.73 Å². The third kappa shape index (κ3) is 3.98. The molecule has 0 aromatic heterocycles. The molecule has 0 heterocycles. The third-order valence-corrected chi connectivity index (χ3v) is 5.91. The first-order valence-electron chi connectivity index (χ1n) is 7.65. The van der Waals surface area contributed by atoms with Gasteiger partial charge in [-0.25, -0.2) is 12.7 Å². The first kappa shape index (κ1) is 18.0. The standard InChI is InChI=1S/C16H28N2O2S/c1-6-12(4)11-18(5)21(19,20)16-10-13(7-2)9-15(17)14(16)8-3/h9-10,12H,6-8,11,17H2,1-5H3. The van der Waals surface area contributed by atoms with Crippen LogP contribution in [0, 0.1) is 5.92 Å². The predicted octanol–water partition coefficient (Wildman–Crippen LogP) is 3.06. The van der Waals surface area contributed by atoms with Crippen molar-refractivity contribution in [2.45, 2.75) is 51.9 Å². The molecule has 1 unspecified atom stereocenters. The number of aryl methyl sites for hydroxylation is 1. The number of benzene rings is 1. The molecule has 2 N–H and O–H groups in total. The van der Waals surface area contributed by atoms with Gasteiger partial charge in [-0.15, -0.1) is 0 Å². The van der Waals surface area contributed by atoms with Crippen LogP contribution in [-0.4, -0.2) is 26.3 Å². The lowest BCUT2D eigenvalue weighted by Gasteiger charge is -2.23. The number of nitrogens with zero attached hydrogens (tertiary/aromatic N) is 1. The molecule has 1 atom stereocenters. The van der Waals surface area contributed by atoms with E-state index in [1.54, 1.807) is 13.1 Å². The Bertz CT molecular complexity index is 582. The van der Waals surface area contributed by atoms with Crippen molar-refractivity contribution in [1.29, 1.82) is 0 Å². The van der Waals surface area contributed by atoms with Crippen molar-refractivity contribution in [2.24, 2.45) is 5.92 Å². The van der Waals surface area contributed by atoms with Crippen molar-refractivity contribution in [2.75, 3.05) is 19.3 Å². The van der Waals surface area contributed by atoms with Gasteiger partial charge < -0.3 is 5.73 Å². The van der Waals surface area contributed by atoms with Gasteiger partial charge in [0, 0.05) is 19.3 Å². The second kappa shape index (κ2) is 7.27. The Kier molecular flexibility index (Phi) is 6.23. The van der Waals surface area contributed by atoms with Gasteiger partial charge in [-0.3, -0.25) is 0 Å². The number of nitrogen functional groups attached to an aromatic ring is 1. The lowest BCUT2D eigenvalue weighted by atomic mass is 10.1. The van der Waals surface area contributed by atoms with Crippen LogP contribution in [0.15, 0.2) is 17.0 Å². The van der Waals surface area contributed by atoms with Gasteiger partial charge in [0.1, 0.15) is 0 Å². The molecule has 0 amide bonds. The molecule has 1 aromatic rings. The summed E-state index contributed by atoms with van der Waals surface area (Å²) in [4.78, 5) is 0.368. The van der Waals surface area contributed by atoms with E-state index in [1.165, 1.54) is 4.31 Å². The SMILES string of the molecule is CCc1cc(N)c(CC)c(S(=O)(=O)N(C)CC(C)CC)c1. The topological polar surface area (TPSA) is 63.4 Å². The molecule has 0 spiro atoms. The first-order valence-corrected chi connectivity index (χ1v) is 9.09. The Morgan fingerprint density at radius 1 is 1.19 bits per heavy atom. The normalized spacial score (nSPS) is 13.6. The fourth-order valence-electron chi connectivity index (χ4n) is 2.37. The van der Waals surface area contributed by atoms with Crippen LogP contribution in [0.5, 0.6) is 0 Å². The van der Waals surface area contributed by atoms with Gasteiger partial charge in [-0.1, -0.05) is 34.1 Å². The number of nitrogens with two attached hydrogens (primary N) is 1. The highest BCUT2D eigenvalue weighted by molar-refractivity contribution is 7.89. The van der Waals surface area contributed by atoms with E-state index in [0.29, 0.717) is 29.5 Å². The lowest BCUT2D eigenvalue weighted by Crippen LogP contribution is -2.32. The molecule has 0 aliphatic heterocycles. The molecule has 1 rings (SSSR count). The highest BCUT2D eigenvalue weighted by Crippen LogP contribution is 2.27. The van der Waals surface area contributed by atoms with E-state index in [2.05, 4.69) is 13.8 Å². The summed E-state index contributed by atoms with van der Waals surface area (Å²) in [6, 6.07) is 3.66. The molecule has 5 heteroatoms. The molecule has 0 saturated carbocycles. The second-order valence-corrected chi connectivity index (χ2v) is 7.68. The van der Waals surface area contributed by atoms with Crippen LogP contribution in [-0.2, 0) is 22.9 Å². The maximum atomic E-state index is 12.9. The highest BCUT2D eigenvalue weighted by atomic mass is 32.2. The average Bonchev–Trinajstić information content (AvgIpc) is 2.45. The molecule has 0 saturated heterocycles. The predicted molar refractivity (Wildman–Crippen MR) is 88.9 cm³/mol. The zero-order valence-electron chi connectivity index (χ0n) is 13.8. The largest absolute Gasteiger partial charge is 0.398 e. The van der Waals surface area contributed by atoms with Crippen LogP contribution >= 0.6 is 0 Å². The van der Waals surface area contributed by atoms with Crippen molar-refractivity contribution < 1.29 is 8.42 Å². The van der Waals surface area contributed by atoms with Gasteiger partial charge in [-0.05, 0) is 42.0 Å². The first-order chi connectivity index (χ1) is 9.77. The minimum atomic E-state index is -3.49. The summed E-state index contributed by atoms with van der Waals surface area (Å²) in [6.07, 6.45) is 2.34. The highest BCUT2D eigenvalue weighted by Gasteiger charge is 2.26. The van der Waals surface area contributed by atoms with Gasteiger partial charge in [0.2, 0.25) is 10.0 Å². The van der Waals surface area contributed by atoms with Crippen LogP contribution in [0.25, 0.3) is 0 Å². The summed E-state index contributed by atoms with van der Waals surface area (Å²) in [6.45, 7) is 8.59. The molecule has 0 aliphatic carbocycles. The van der Waals surface area contributed by atoms with Crippen molar-refractivity contribution in [3.8, 4) is 0 Å². The maximum Gasteiger partial charge on any atom is 0.243 e. The van der Waals surface area contributed by atoms with Crippen molar-refractivity contribution >= 4 is 15.7 Å². The number of sulfonamides is 1. The van der Waals surface area contributed by atoms with Crippen molar-refractivity contribution in [3.05, 3.63) is 23.3 Å². The van der Waals surface area contributed by atoms with E-state index in [9.17, 15) is 8.42 Å². The summed E-state index contributed by atoms with van der Waals surface area (Å²) in [5, 5.41) is 0. The van der Waals surface area contributed by atoms with Gasteiger partial charge in [0.25, 0.3) is 0 Å². The van der Waals surface area contributed by atoms with Crippen molar-refractivity contribution in [1.82, 2.24) is 4.31 Å². The third-order valence-electron chi connectivity index (χ3n) is 4.02. The Hall–Kier alpha value is -1.07. The molecule has 0 radical (unpaired) electrons. The van der Waals surface area contributed by atoms with Gasteiger partial charge in [-0.2, -0.15) is 0 Å². The molecule has 4 nitrogen and oxygen atoms in total. The second-order valence-electron chi connectivity index (χ2n) is 5.67. The zero-order chi connectivity index (χ0) is 16.2. The molecular formula is C16H28N2O2S. The van der Waals surface area contributed by atoms with Gasteiger partial charge in [0.15, 0.2) is 0 Å². The van der Waals surface area contributed by atoms with E-state index in [0.717, 1.165) is 24.0 Å². The summed E-state index contributed by atoms with van der Waals surface area (Å²) < 4.78 is 27.2. The molecule has 21 heavy (non-hydrogen) atoms. The Morgan fingerprint density at radius 2 is 1.81 bits per heavy atom. The fourth-order valence-corrected chi connectivity index (χ4v) is 4.03. The summed E-state index contributed by atoms with van der Waals surface area (Å²) in [5.41, 5.74) is 8.31. The fraction of sp³-hybridized carbons (Fsp3) is 0.625. The van der Waals surface area contributed by atoms with E-state index in [1.807, 2.05) is 19.9 Å². The van der Waals surface area contributed by atoms with Crippen LogP contribution in [0.3, 0.4) is 0 Å². The summed E-state index contributed by atoms with van der Waals surface area (Å²) >= 11 is 0.